The zero-order valence-electron chi connectivity index (χ0n) is 16.2. The van der Waals surface area contributed by atoms with E-state index in [1.54, 1.807) is 13.2 Å². The largest absolute Gasteiger partial charge is 0.507 e. The van der Waals surface area contributed by atoms with Crippen molar-refractivity contribution in [1.29, 1.82) is 0 Å². The lowest BCUT2D eigenvalue weighted by atomic mass is 9.86. The van der Waals surface area contributed by atoms with Gasteiger partial charge in [-0.3, -0.25) is 4.79 Å². The van der Waals surface area contributed by atoms with E-state index in [2.05, 4.69) is 0 Å². The van der Waals surface area contributed by atoms with E-state index in [-0.39, 0.29) is 23.7 Å². The van der Waals surface area contributed by atoms with Crippen molar-refractivity contribution < 1.29 is 28.8 Å². The number of ether oxygens (including phenoxy) is 4. The van der Waals surface area contributed by atoms with Crippen LogP contribution >= 0.6 is 0 Å². The third kappa shape index (κ3) is 2.85. The van der Waals surface area contributed by atoms with E-state index in [1.165, 1.54) is 13.2 Å². The van der Waals surface area contributed by atoms with Gasteiger partial charge in [-0.05, 0) is 19.9 Å². The van der Waals surface area contributed by atoms with Crippen LogP contribution in [-0.4, -0.2) is 37.3 Å². The molecule has 0 spiro atoms. The second kappa shape index (κ2) is 6.48. The number of Topliss-reactive ketones (excluding diaryl/α,β-unsaturated/α-hetero) is 1. The maximum Gasteiger partial charge on any atom is 0.181 e. The minimum Gasteiger partial charge on any atom is -0.507 e. The van der Waals surface area contributed by atoms with Crippen LogP contribution in [0.2, 0.25) is 0 Å². The standard InChI is InChI=1S/C22H22O6/c1-22(2)8-7-12-5-6-14(21(26-4)20(12)28-22)15-11-27-17-10-13(25-3)9-16(23)18(17)19(15)24/h5-10,15,23H,11H2,1-4H3. The summed E-state index contributed by atoms with van der Waals surface area (Å²) in [5.41, 5.74) is 1.22. The van der Waals surface area contributed by atoms with Gasteiger partial charge in [-0.25, -0.2) is 0 Å². The first-order valence-electron chi connectivity index (χ1n) is 9.02. The summed E-state index contributed by atoms with van der Waals surface area (Å²) in [5, 5.41) is 10.3. The Bertz CT molecular complexity index is 989. The maximum absolute atomic E-state index is 13.2. The van der Waals surface area contributed by atoms with Crippen molar-refractivity contribution in [3.63, 3.8) is 0 Å². The quantitative estimate of drug-likeness (QED) is 0.866. The normalized spacial score (nSPS) is 19.1. The molecule has 146 valence electrons. The summed E-state index contributed by atoms with van der Waals surface area (Å²) >= 11 is 0. The zero-order valence-corrected chi connectivity index (χ0v) is 16.2. The molecule has 1 atom stereocenters. The van der Waals surface area contributed by atoms with E-state index < -0.39 is 11.5 Å². The number of hydrogen-bond donors (Lipinski definition) is 1. The summed E-state index contributed by atoms with van der Waals surface area (Å²) in [5.74, 6) is 0.834. The Hall–Kier alpha value is -3.15. The van der Waals surface area contributed by atoms with Crippen molar-refractivity contribution in [2.75, 3.05) is 20.8 Å². The molecular weight excluding hydrogens is 360 g/mol. The number of ketones is 1. The van der Waals surface area contributed by atoms with Crippen LogP contribution in [0.5, 0.6) is 28.7 Å². The zero-order chi connectivity index (χ0) is 20.1. The molecule has 1 unspecified atom stereocenters. The molecule has 6 nitrogen and oxygen atoms in total. The van der Waals surface area contributed by atoms with Gasteiger partial charge in [-0.1, -0.05) is 18.2 Å². The average molecular weight is 382 g/mol. The lowest BCUT2D eigenvalue weighted by Gasteiger charge is -2.31. The Kier molecular flexibility index (Phi) is 4.22. The highest BCUT2D eigenvalue weighted by Gasteiger charge is 2.37. The minimum absolute atomic E-state index is 0.132. The first-order valence-corrected chi connectivity index (χ1v) is 9.02. The molecule has 0 radical (unpaired) electrons. The van der Waals surface area contributed by atoms with Crippen LogP contribution in [0.15, 0.2) is 30.3 Å². The first-order chi connectivity index (χ1) is 13.3. The van der Waals surface area contributed by atoms with Gasteiger partial charge in [0.25, 0.3) is 0 Å². The molecule has 2 aromatic carbocycles. The average Bonchev–Trinajstić information content (AvgIpc) is 2.66. The summed E-state index contributed by atoms with van der Waals surface area (Å²) in [6.07, 6.45) is 3.96. The highest BCUT2D eigenvalue weighted by molar-refractivity contribution is 6.07. The van der Waals surface area contributed by atoms with Gasteiger partial charge in [0.15, 0.2) is 17.3 Å². The smallest absolute Gasteiger partial charge is 0.181 e. The second-order valence-corrected chi connectivity index (χ2v) is 7.39. The molecule has 2 heterocycles. The number of phenols is 1. The Labute approximate surface area is 163 Å². The Morgan fingerprint density at radius 1 is 1.18 bits per heavy atom. The number of benzene rings is 2. The fraction of sp³-hybridized carbons (Fsp3) is 0.318. The number of rotatable bonds is 3. The summed E-state index contributed by atoms with van der Waals surface area (Å²) in [6.45, 7) is 4.04. The van der Waals surface area contributed by atoms with Crippen molar-refractivity contribution >= 4 is 11.9 Å². The molecule has 1 N–H and O–H groups in total. The van der Waals surface area contributed by atoms with Gasteiger partial charge < -0.3 is 24.1 Å². The summed E-state index contributed by atoms with van der Waals surface area (Å²) in [4.78, 5) is 13.2. The third-order valence-electron chi connectivity index (χ3n) is 5.04. The van der Waals surface area contributed by atoms with Crippen molar-refractivity contribution in [3.8, 4) is 28.7 Å². The van der Waals surface area contributed by atoms with E-state index in [0.717, 1.165) is 5.56 Å². The van der Waals surface area contributed by atoms with Crippen molar-refractivity contribution in [3.05, 3.63) is 47.0 Å². The van der Waals surface area contributed by atoms with Gasteiger partial charge in [0.1, 0.15) is 35.0 Å². The monoisotopic (exact) mass is 382 g/mol. The van der Waals surface area contributed by atoms with Gasteiger partial charge in [0.2, 0.25) is 0 Å². The SMILES string of the molecule is COc1cc(O)c2c(c1)OCC(c1ccc3c(c1OC)OC(C)(C)C=C3)C2=O. The fourth-order valence-electron chi connectivity index (χ4n) is 3.61. The Balaban J connectivity index is 1.79. The minimum atomic E-state index is -0.621. The number of phenolic OH excluding ortho intramolecular Hbond substituents is 1. The number of fused-ring (bicyclic) bond motifs is 2. The van der Waals surface area contributed by atoms with Crippen LogP contribution in [0.4, 0.5) is 0 Å². The molecular formula is C22H22O6. The van der Waals surface area contributed by atoms with E-state index in [4.69, 9.17) is 18.9 Å². The molecule has 0 bridgehead atoms. The van der Waals surface area contributed by atoms with E-state index in [1.807, 2.05) is 38.1 Å². The summed E-state index contributed by atoms with van der Waals surface area (Å²) < 4.78 is 22.7. The van der Waals surface area contributed by atoms with Gasteiger partial charge in [0.05, 0.1) is 20.1 Å². The van der Waals surface area contributed by atoms with Crippen LogP contribution in [0.1, 0.15) is 41.3 Å². The molecule has 0 saturated heterocycles. The Morgan fingerprint density at radius 3 is 2.68 bits per heavy atom. The predicted octanol–water partition coefficient (Wildman–Crippen LogP) is 3.95. The van der Waals surface area contributed by atoms with Crippen LogP contribution < -0.4 is 18.9 Å². The lowest BCUT2D eigenvalue weighted by Crippen LogP contribution is -2.29. The van der Waals surface area contributed by atoms with Crippen molar-refractivity contribution in [1.82, 2.24) is 0 Å². The summed E-state index contributed by atoms with van der Waals surface area (Å²) in [6, 6.07) is 6.75. The molecule has 2 aromatic rings. The van der Waals surface area contributed by atoms with Crippen molar-refractivity contribution in [2.24, 2.45) is 0 Å². The first kappa shape index (κ1) is 18.2. The van der Waals surface area contributed by atoms with Crippen molar-refractivity contribution in [2.45, 2.75) is 25.4 Å². The van der Waals surface area contributed by atoms with Gasteiger partial charge in [0, 0.05) is 23.3 Å². The highest BCUT2D eigenvalue weighted by atomic mass is 16.5. The van der Waals surface area contributed by atoms with Crippen LogP contribution in [0.3, 0.4) is 0 Å². The van der Waals surface area contributed by atoms with E-state index >= 15 is 0 Å². The van der Waals surface area contributed by atoms with Gasteiger partial charge in [-0.2, -0.15) is 0 Å². The predicted molar refractivity (Wildman–Crippen MR) is 104 cm³/mol. The van der Waals surface area contributed by atoms with Gasteiger partial charge >= 0.3 is 0 Å². The molecule has 0 aliphatic carbocycles. The number of hydrogen-bond acceptors (Lipinski definition) is 6. The van der Waals surface area contributed by atoms with E-state index in [9.17, 15) is 9.90 Å². The summed E-state index contributed by atoms with van der Waals surface area (Å²) in [7, 11) is 3.04. The Morgan fingerprint density at radius 2 is 1.96 bits per heavy atom. The van der Waals surface area contributed by atoms with Crippen LogP contribution in [0, 0.1) is 0 Å². The molecule has 0 amide bonds. The second-order valence-electron chi connectivity index (χ2n) is 7.39. The maximum atomic E-state index is 13.2. The number of aromatic hydroxyl groups is 1. The molecule has 28 heavy (non-hydrogen) atoms. The van der Waals surface area contributed by atoms with Crippen LogP contribution in [0.25, 0.3) is 6.08 Å². The lowest BCUT2D eigenvalue weighted by molar-refractivity contribution is 0.0889. The highest BCUT2D eigenvalue weighted by Crippen LogP contribution is 2.47. The van der Waals surface area contributed by atoms with Crippen LogP contribution in [-0.2, 0) is 0 Å². The molecule has 2 aliphatic heterocycles. The number of carbonyl (C=O) groups excluding carboxylic acids is 1. The van der Waals surface area contributed by atoms with E-state index in [0.29, 0.717) is 28.6 Å². The molecule has 0 saturated carbocycles. The molecule has 6 heteroatoms. The molecule has 2 aliphatic rings. The molecule has 0 aromatic heterocycles. The molecule has 4 rings (SSSR count). The fourth-order valence-corrected chi connectivity index (χ4v) is 3.61. The topological polar surface area (TPSA) is 74.2 Å². The molecule has 0 fully saturated rings. The third-order valence-corrected chi connectivity index (χ3v) is 5.04. The number of methoxy groups -OCH3 is 2. The number of carbonyl (C=O) groups is 1. The van der Waals surface area contributed by atoms with Gasteiger partial charge in [-0.15, -0.1) is 0 Å².